The molecule has 0 aliphatic heterocycles. The highest BCUT2D eigenvalue weighted by Crippen LogP contribution is 2.12. The molecular weight excluding hydrogens is 538 g/mol. The van der Waals surface area contributed by atoms with Crippen molar-refractivity contribution in [2.75, 3.05) is 46.6 Å². The van der Waals surface area contributed by atoms with Crippen molar-refractivity contribution in [2.24, 2.45) is 0 Å². The van der Waals surface area contributed by atoms with E-state index in [4.69, 9.17) is 9.47 Å². The molecule has 0 aromatic carbocycles. The normalized spacial score (nSPS) is 12.1. The van der Waals surface area contributed by atoms with Gasteiger partial charge in [0.15, 0.2) is 0 Å². The predicted octanol–water partition coefficient (Wildman–Crippen LogP) is 13.0. The Morgan fingerprint density at radius 3 is 0.932 bits per heavy atom. The molecule has 0 aromatic rings. The van der Waals surface area contributed by atoms with Crippen LogP contribution in [-0.4, -0.2) is 51.5 Å². The first-order valence-electron chi connectivity index (χ1n) is 19.9. The van der Waals surface area contributed by atoms with E-state index in [-0.39, 0.29) is 0 Å². The van der Waals surface area contributed by atoms with Gasteiger partial charge in [-0.05, 0) is 71.3 Å². The molecule has 3 heteroatoms. The fourth-order valence-corrected chi connectivity index (χ4v) is 5.66. The van der Waals surface area contributed by atoms with Gasteiger partial charge < -0.3 is 14.4 Å². The number of allylic oxidation sites excluding steroid dienone is 4. The minimum Gasteiger partial charge on any atom is -0.380 e. The molecule has 0 atom stereocenters. The summed E-state index contributed by atoms with van der Waals surface area (Å²) in [6, 6.07) is 0. The van der Waals surface area contributed by atoms with E-state index in [9.17, 15) is 0 Å². The number of ether oxygens (including phenoxy) is 2. The van der Waals surface area contributed by atoms with Crippen LogP contribution in [-0.2, 0) is 9.47 Å². The second kappa shape index (κ2) is 40.4. The Hall–Kier alpha value is -0.640. The molecule has 0 aromatic heterocycles. The lowest BCUT2D eigenvalue weighted by Crippen LogP contribution is -2.27. The predicted molar refractivity (Wildman–Crippen MR) is 198 cm³/mol. The molecule has 0 radical (unpaired) electrons. The van der Waals surface area contributed by atoms with Gasteiger partial charge in [0.05, 0.1) is 13.2 Å². The molecule has 0 rings (SSSR count). The zero-order valence-corrected chi connectivity index (χ0v) is 30.6. The van der Waals surface area contributed by atoms with Crippen molar-refractivity contribution in [3.8, 4) is 0 Å². The van der Waals surface area contributed by atoms with Gasteiger partial charge in [0.2, 0.25) is 0 Å². The van der Waals surface area contributed by atoms with Gasteiger partial charge in [-0.3, -0.25) is 0 Å². The number of nitrogens with zero attached hydrogens (tertiary/aromatic N) is 1. The summed E-state index contributed by atoms with van der Waals surface area (Å²) >= 11 is 0. The Morgan fingerprint density at radius 2 is 0.614 bits per heavy atom. The molecule has 0 N–H and O–H groups in total. The Morgan fingerprint density at radius 1 is 0.341 bits per heavy atom. The van der Waals surface area contributed by atoms with Crippen molar-refractivity contribution in [3.63, 3.8) is 0 Å². The van der Waals surface area contributed by atoms with E-state index < -0.39 is 0 Å². The maximum atomic E-state index is 5.88. The third-order valence-corrected chi connectivity index (χ3v) is 8.84. The van der Waals surface area contributed by atoms with Crippen molar-refractivity contribution in [3.05, 3.63) is 24.3 Å². The summed E-state index contributed by atoms with van der Waals surface area (Å²) in [6.45, 7) is 10.1. The summed E-state index contributed by atoms with van der Waals surface area (Å²) in [5.74, 6) is 0. The first-order chi connectivity index (χ1) is 21.8. The van der Waals surface area contributed by atoms with Crippen molar-refractivity contribution in [1.82, 2.24) is 4.90 Å². The third kappa shape index (κ3) is 39.4. The standard InChI is InChI=1S/C41H81NO2/c1-4-6-8-10-12-14-16-18-20-22-24-26-28-30-32-34-38-43-40-36-42(3)37-41-44-39-35-33-31-29-27-25-23-21-19-17-15-13-11-9-7-5-2/h14-17H,4-13,18-41H2,1-3H3. The fourth-order valence-electron chi connectivity index (χ4n) is 5.66. The summed E-state index contributed by atoms with van der Waals surface area (Å²) in [6.07, 6.45) is 47.6. The summed E-state index contributed by atoms with van der Waals surface area (Å²) in [7, 11) is 2.18. The maximum Gasteiger partial charge on any atom is 0.0593 e. The molecule has 0 saturated heterocycles. The van der Waals surface area contributed by atoms with Crippen LogP contribution in [0.4, 0.5) is 0 Å². The van der Waals surface area contributed by atoms with Crippen LogP contribution in [0.1, 0.15) is 194 Å². The molecule has 0 amide bonds. The Kier molecular flexibility index (Phi) is 39.8. The number of rotatable bonds is 38. The van der Waals surface area contributed by atoms with E-state index in [1.165, 1.54) is 180 Å². The van der Waals surface area contributed by atoms with Gasteiger partial charge in [0.25, 0.3) is 0 Å². The first kappa shape index (κ1) is 43.4. The van der Waals surface area contributed by atoms with E-state index in [0.717, 1.165) is 39.5 Å². The molecule has 0 spiro atoms. The summed E-state index contributed by atoms with van der Waals surface area (Å²) in [5, 5.41) is 0. The number of hydrogen-bond acceptors (Lipinski definition) is 3. The second-order valence-electron chi connectivity index (χ2n) is 13.4. The van der Waals surface area contributed by atoms with Crippen LogP contribution >= 0.6 is 0 Å². The van der Waals surface area contributed by atoms with Gasteiger partial charge in [-0.1, -0.05) is 154 Å². The number of likely N-dealkylation sites (N-methyl/N-ethyl adjacent to an activating group) is 1. The molecule has 0 saturated carbocycles. The first-order valence-corrected chi connectivity index (χ1v) is 19.9. The lowest BCUT2D eigenvalue weighted by molar-refractivity contribution is 0.0814. The molecule has 262 valence electrons. The molecule has 44 heavy (non-hydrogen) atoms. The quantitative estimate of drug-likeness (QED) is 0.0507. The molecule has 0 bridgehead atoms. The Labute approximate surface area is 278 Å². The minimum absolute atomic E-state index is 0.847. The highest BCUT2D eigenvalue weighted by atomic mass is 16.5. The molecule has 0 aliphatic rings. The number of unbranched alkanes of at least 4 members (excludes halogenated alkanes) is 24. The van der Waals surface area contributed by atoms with Gasteiger partial charge in [-0.15, -0.1) is 0 Å². The van der Waals surface area contributed by atoms with Crippen LogP contribution in [0.2, 0.25) is 0 Å². The Bertz CT molecular complexity index is 513. The highest BCUT2D eigenvalue weighted by molar-refractivity contribution is 4.82. The second-order valence-corrected chi connectivity index (χ2v) is 13.4. The van der Waals surface area contributed by atoms with Crippen LogP contribution in [0.25, 0.3) is 0 Å². The lowest BCUT2D eigenvalue weighted by atomic mass is 10.1. The third-order valence-electron chi connectivity index (χ3n) is 8.84. The molecule has 0 fully saturated rings. The van der Waals surface area contributed by atoms with E-state index in [1.54, 1.807) is 0 Å². The molecular formula is C41H81NO2. The summed E-state index contributed by atoms with van der Waals surface area (Å²) in [5.41, 5.74) is 0. The zero-order chi connectivity index (χ0) is 31.9. The summed E-state index contributed by atoms with van der Waals surface area (Å²) < 4.78 is 11.8. The molecule has 0 unspecified atom stereocenters. The van der Waals surface area contributed by atoms with Crippen LogP contribution in [0, 0.1) is 0 Å². The molecule has 0 aliphatic carbocycles. The van der Waals surface area contributed by atoms with Gasteiger partial charge in [0.1, 0.15) is 0 Å². The van der Waals surface area contributed by atoms with Gasteiger partial charge >= 0.3 is 0 Å². The largest absolute Gasteiger partial charge is 0.380 e. The monoisotopic (exact) mass is 620 g/mol. The van der Waals surface area contributed by atoms with E-state index in [2.05, 4.69) is 50.1 Å². The summed E-state index contributed by atoms with van der Waals surface area (Å²) in [4.78, 5) is 2.34. The molecule has 3 nitrogen and oxygen atoms in total. The Balaban J connectivity index is 3.19. The van der Waals surface area contributed by atoms with Crippen LogP contribution < -0.4 is 0 Å². The highest BCUT2D eigenvalue weighted by Gasteiger charge is 2.00. The van der Waals surface area contributed by atoms with E-state index in [0.29, 0.717) is 0 Å². The topological polar surface area (TPSA) is 21.7 Å². The van der Waals surface area contributed by atoms with Crippen LogP contribution in [0.15, 0.2) is 24.3 Å². The lowest BCUT2D eigenvalue weighted by Gasteiger charge is -2.16. The molecule has 0 heterocycles. The average Bonchev–Trinajstić information content (AvgIpc) is 3.03. The fraction of sp³-hybridized carbons (Fsp3) is 0.902. The maximum absolute atomic E-state index is 5.88. The minimum atomic E-state index is 0.847. The van der Waals surface area contributed by atoms with Crippen molar-refractivity contribution < 1.29 is 9.47 Å². The van der Waals surface area contributed by atoms with Crippen molar-refractivity contribution in [1.29, 1.82) is 0 Å². The van der Waals surface area contributed by atoms with Gasteiger partial charge in [-0.25, -0.2) is 0 Å². The van der Waals surface area contributed by atoms with E-state index >= 15 is 0 Å². The van der Waals surface area contributed by atoms with Crippen molar-refractivity contribution >= 4 is 0 Å². The van der Waals surface area contributed by atoms with Gasteiger partial charge in [0, 0.05) is 26.3 Å². The average molecular weight is 620 g/mol. The number of hydrogen-bond donors (Lipinski definition) is 0. The van der Waals surface area contributed by atoms with Crippen LogP contribution in [0.3, 0.4) is 0 Å². The van der Waals surface area contributed by atoms with Crippen LogP contribution in [0.5, 0.6) is 0 Å². The van der Waals surface area contributed by atoms with E-state index in [1.807, 2.05) is 0 Å². The van der Waals surface area contributed by atoms with Crippen molar-refractivity contribution in [2.45, 2.75) is 194 Å². The zero-order valence-electron chi connectivity index (χ0n) is 30.6. The van der Waals surface area contributed by atoms with Gasteiger partial charge in [-0.2, -0.15) is 0 Å². The SMILES string of the molecule is CCCCCCC=CCCCCCCCCCCOCCN(C)CCOCCCCCCCCCCC=CCCCCCC. The smallest absolute Gasteiger partial charge is 0.0593 e.